The lowest BCUT2D eigenvalue weighted by Crippen LogP contribution is -2.56. The molecule has 0 aromatic heterocycles. The van der Waals surface area contributed by atoms with Gasteiger partial charge in [0.25, 0.3) is 0 Å². The zero-order valence-corrected chi connectivity index (χ0v) is 13.1. The number of hydrogen-bond donors (Lipinski definition) is 4. The van der Waals surface area contributed by atoms with E-state index < -0.39 is 24.0 Å². The number of hydrogen-bond acceptors (Lipinski definition) is 4. The van der Waals surface area contributed by atoms with E-state index in [1.54, 1.807) is 0 Å². The molecule has 0 saturated carbocycles. The van der Waals surface area contributed by atoms with E-state index in [2.05, 4.69) is 10.6 Å². The summed E-state index contributed by atoms with van der Waals surface area (Å²) in [7, 11) is 0. The van der Waals surface area contributed by atoms with Crippen LogP contribution < -0.4 is 10.6 Å². The number of carboxylic acid groups (broad SMARTS) is 2. The van der Waals surface area contributed by atoms with Crippen LogP contribution in [0.25, 0.3) is 0 Å². The van der Waals surface area contributed by atoms with Crippen LogP contribution in [0.4, 0.5) is 0 Å². The molecule has 0 aliphatic heterocycles. The van der Waals surface area contributed by atoms with Crippen molar-refractivity contribution in [1.82, 2.24) is 10.6 Å². The van der Waals surface area contributed by atoms with E-state index in [4.69, 9.17) is 0 Å². The van der Waals surface area contributed by atoms with Gasteiger partial charge in [0.1, 0.15) is 12.1 Å². The first-order chi connectivity index (χ1) is 11.6. The molecule has 0 radical (unpaired) electrons. The second kappa shape index (κ2) is 8.81. The Labute approximate surface area is 140 Å². The summed E-state index contributed by atoms with van der Waals surface area (Å²) >= 11 is 0. The third-order valence-corrected chi connectivity index (χ3v) is 3.60. The number of nitrogens with one attached hydrogen (secondary N) is 2. The number of carbonyl (C=O) groups is 2. The number of aliphatic carboxylic acids is 2. The highest BCUT2D eigenvalue weighted by Gasteiger charge is 2.33. The summed E-state index contributed by atoms with van der Waals surface area (Å²) < 4.78 is 0. The van der Waals surface area contributed by atoms with Gasteiger partial charge in [-0.15, -0.1) is 0 Å². The molecule has 4 N–H and O–H groups in total. The first-order valence-electron chi connectivity index (χ1n) is 7.58. The van der Waals surface area contributed by atoms with Gasteiger partial charge >= 0.3 is 11.9 Å². The number of benzene rings is 2. The largest absolute Gasteiger partial charge is 0.480 e. The topological polar surface area (TPSA) is 98.7 Å². The summed E-state index contributed by atoms with van der Waals surface area (Å²) in [5.74, 6) is -2.42. The van der Waals surface area contributed by atoms with Crippen LogP contribution in [0.5, 0.6) is 0 Å². The lowest BCUT2D eigenvalue weighted by Gasteiger charge is -2.23. The van der Waals surface area contributed by atoms with E-state index in [0.29, 0.717) is 0 Å². The first-order valence-corrected chi connectivity index (χ1v) is 7.58. The molecule has 1 unspecified atom stereocenters. The molecule has 0 bridgehead atoms. The van der Waals surface area contributed by atoms with Crippen LogP contribution in [-0.2, 0) is 22.7 Å². The van der Waals surface area contributed by atoms with Crippen molar-refractivity contribution in [2.75, 3.05) is 0 Å². The van der Waals surface area contributed by atoms with Crippen LogP contribution in [0.1, 0.15) is 11.1 Å². The molecule has 6 nitrogen and oxygen atoms in total. The fourth-order valence-corrected chi connectivity index (χ4v) is 2.34. The molecule has 24 heavy (non-hydrogen) atoms. The average Bonchev–Trinajstić information content (AvgIpc) is 2.59. The molecule has 2 rings (SSSR count). The molecule has 0 fully saturated rings. The minimum absolute atomic E-state index is 0.272. The zero-order valence-electron chi connectivity index (χ0n) is 13.1. The molecule has 2 atom stereocenters. The van der Waals surface area contributed by atoms with Gasteiger partial charge in [-0.1, -0.05) is 60.7 Å². The third-order valence-electron chi connectivity index (χ3n) is 3.60. The maximum atomic E-state index is 11.5. The molecule has 0 spiro atoms. The maximum Gasteiger partial charge on any atom is 0.322 e. The van der Waals surface area contributed by atoms with Crippen molar-refractivity contribution in [3.63, 3.8) is 0 Å². The monoisotopic (exact) mass is 328 g/mol. The van der Waals surface area contributed by atoms with Crippen LogP contribution in [0.2, 0.25) is 0 Å². The Hall–Kier alpha value is -2.70. The quantitative estimate of drug-likeness (QED) is 0.556. The minimum Gasteiger partial charge on any atom is -0.480 e. The standard InChI is InChI=1S/C18H20N2O4/c21-17(22)15(19-11-13-7-3-1-4-8-13)16(18(23)24)20-12-14-9-5-2-6-10-14/h1-10,15-16,19-20H,11-12H2,(H,21,22)(H,23,24)/t15-,16?/m0/s1. The molecular weight excluding hydrogens is 308 g/mol. The summed E-state index contributed by atoms with van der Waals surface area (Å²) in [6.45, 7) is 0.545. The molecule has 2 aromatic carbocycles. The summed E-state index contributed by atoms with van der Waals surface area (Å²) in [6.07, 6.45) is 0. The molecule has 0 saturated heterocycles. The van der Waals surface area contributed by atoms with Gasteiger partial charge in [-0.05, 0) is 11.1 Å². The number of rotatable bonds is 9. The second-order valence-corrected chi connectivity index (χ2v) is 5.36. The van der Waals surface area contributed by atoms with Crippen LogP contribution in [-0.4, -0.2) is 34.2 Å². The minimum atomic E-state index is -1.24. The van der Waals surface area contributed by atoms with E-state index in [1.165, 1.54) is 0 Å². The van der Waals surface area contributed by atoms with Crippen molar-refractivity contribution in [3.8, 4) is 0 Å². The van der Waals surface area contributed by atoms with Gasteiger partial charge in [0.15, 0.2) is 0 Å². The second-order valence-electron chi connectivity index (χ2n) is 5.36. The van der Waals surface area contributed by atoms with Gasteiger partial charge in [0, 0.05) is 13.1 Å². The van der Waals surface area contributed by atoms with E-state index in [9.17, 15) is 19.8 Å². The first kappa shape index (κ1) is 17.7. The Morgan fingerprint density at radius 3 is 1.33 bits per heavy atom. The predicted octanol–water partition coefficient (Wildman–Crippen LogP) is 1.47. The molecule has 0 aliphatic rings. The molecule has 2 aromatic rings. The van der Waals surface area contributed by atoms with E-state index in [1.807, 2.05) is 60.7 Å². The van der Waals surface area contributed by atoms with Crippen LogP contribution in [0.3, 0.4) is 0 Å². The summed E-state index contributed by atoms with van der Waals surface area (Å²) in [5, 5.41) is 24.4. The Morgan fingerprint density at radius 2 is 1.04 bits per heavy atom. The van der Waals surface area contributed by atoms with Crippen molar-refractivity contribution in [3.05, 3.63) is 71.8 Å². The molecule has 126 valence electrons. The van der Waals surface area contributed by atoms with Crippen molar-refractivity contribution in [2.45, 2.75) is 25.2 Å². The Bertz CT molecular complexity index is 602. The normalized spacial score (nSPS) is 13.2. The molecular formula is C18H20N2O4. The fourth-order valence-electron chi connectivity index (χ4n) is 2.34. The van der Waals surface area contributed by atoms with Crippen LogP contribution >= 0.6 is 0 Å². The van der Waals surface area contributed by atoms with Gasteiger partial charge in [0.2, 0.25) is 0 Å². The summed E-state index contributed by atoms with van der Waals surface area (Å²) in [4.78, 5) is 23.0. The molecule has 0 aliphatic carbocycles. The highest BCUT2D eigenvalue weighted by molar-refractivity contribution is 5.85. The van der Waals surface area contributed by atoms with Crippen molar-refractivity contribution in [1.29, 1.82) is 0 Å². The zero-order chi connectivity index (χ0) is 17.4. The van der Waals surface area contributed by atoms with Gasteiger partial charge in [-0.25, -0.2) is 0 Å². The third kappa shape index (κ3) is 5.19. The van der Waals surface area contributed by atoms with Crippen LogP contribution in [0, 0.1) is 0 Å². The SMILES string of the molecule is O=C(O)C(NCc1ccccc1)[C@H](NCc1ccccc1)C(=O)O. The summed E-state index contributed by atoms with van der Waals surface area (Å²) in [5.41, 5.74) is 1.77. The average molecular weight is 328 g/mol. The Kier molecular flexibility index (Phi) is 6.48. The van der Waals surface area contributed by atoms with Crippen molar-refractivity contribution in [2.24, 2.45) is 0 Å². The van der Waals surface area contributed by atoms with E-state index in [-0.39, 0.29) is 13.1 Å². The van der Waals surface area contributed by atoms with Gasteiger partial charge in [-0.2, -0.15) is 0 Å². The lowest BCUT2D eigenvalue weighted by molar-refractivity contribution is -0.148. The summed E-state index contributed by atoms with van der Waals surface area (Å²) in [6, 6.07) is 16.0. The number of carboxylic acids is 2. The smallest absolute Gasteiger partial charge is 0.322 e. The van der Waals surface area contributed by atoms with Gasteiger partial charge in [-0.3, -0.25) is 20.2 Å². The van der Waals surface area contributed by atoms with E-state index >= 15 is 0 Å². The van der Waals surface area contributed by atoms with Crippen LogP contribution in [0.15, 0.2) is 60.7 Å². The highest BCUT2D eigenvalue weighted by atomic mass is 16.4. The molecule has 0 heterocycles. The van der Waals surface area contributed by atoms with Crippen molar-refractivity contribution >= 4 is 11.9 Å². The Morgan fingerprint density at radius 1 is 0.708 bits per heavy atom. The lowest BCUT2D eigenvalue weighted by atomic mass is 10.1. The van der Waals surface area contributed by atoms with Gasteiger partial charge < -0.3 is 10.2 Å². The molecule has 6 heteroatoms. The Balaban J connectivity index is 2.03. The van der Waals surface area contributed by atoms with Gasteiger partial charge in [0.05, 0.1) is 0 Å². The predicted molar refractivity (Wildman–Crippen MR) is 89.4 cm³/mol. The maximum absolute atomic E-state index is 11.5. The highest BCUT2D eigenvalue weighted by Crippen LogP contribution is 2.04. The van der Waals surface area contributed by atoms with Crippen molar-refractivity contribution < 1.29 is 19.8 Å². The fraction of sp³-hybridized carbons (Fsp3) is 0.222. The molecule has 0 amide bonds. The van der Waals surface area contributed by atoms with E-state index in [0.717, 1.165) is 11.1 Å².